The van der Waals surface area contributed by atoms with Gasteiger partial charge in [0.15, 0.2) is 5.11 Å². The predicted molar refractivity (Wildman–Crippen MR) is 136 cm³/mol. The molecule has 0 aromatic heterocycles. The van der Waals surface area contributed by atoms with Crippen molar-refractivity contribution < 1.29 is 4.74 Å². The van der Waals surface area contributed by atoms with E-state index < -0.39 is 0 Å². The van der Waals surface area contributed by atoms with Crippen LogP contribution in [-0.4, -0.2) is 43.4 Å². The molecule has 1 heterocycles. The lowest BCUT2D eigenvalue weighted by Gasteiger charge is -2.32. The molecule has 0 saturated carbocycles. The van der Waals surface area contributed by atoms with Crippen LogP contribution in [-0.2, 0) is 17.7 Å². The van der Waals surface area contributed by atoms with Crippen molar-refractivity contribution >= 4 is 28.7 Å². The highest BCUT2D eigenvalue weighted by Gasteiger charge is 2.18. The van der Waals surface area contributed by atoms with Gasteiger partial charge in [-0.15, -0.1) is 0 Å². The van der Waals surface area contributed by atoms with Gasteiger partial charge in [-0.3, -0.25) is 0 Å². The molecule has 4 nitrogen and oxygen atoms in total. The number of thiocarbonyl (C=S) groups is 1. The van der Waals surface area contributed by atoms with Crippen molar-refractivity contribution in [3.8, 4) is 0 Å². The third kappa shape index (κ3) is 6.68. The summed E-state index contributed by atoms with van der Waals surface area (Å²) in [6.45, 7) is 9.12. The van der Waals surface area contributed by atoms with E-state index in [1.807, 2.05) is 6.07 Å². The molecular weight excluding hydrogens is 402 g/mol. The summed E-state index contributed by atoms with van der Waals surface area (Å²) in [4.78, 5) is 4.83. The summed E-state index contributed by atoms with van der Waals surface area (Å²) >= 11 is 5.82. The molecule has 31 heavy (non-hydrogen) atoms. The van der Waals surface area contributed by atoms with Crippen molar-refractivity contribution in [2.75, 3.05) is 43.6 Å². The highest BCUT2D eigenvalue weighted by atomic mass is 32.1. The number of rotatable bonds is 10. The van der Waals surface area contributed by atoms with Crippen LogP contribution < -0.4 is 10.2 Å². The molecule has 2 aromatic carbocycles. The first-order valence-electron chi connectivity index (χ1n) is 11.6. The van der Waals surface area contributed by atoms with E-state index in [1.165, 1.54) is 54.6 Å². The number of aryl methyl sites for hydroxylation is 2. The zero-order valence-corrected chi connectivity index (χ0v) is 20.1. The number of hydrogen-bond donors (Lipinski definition) is 1. The number of nitrogens with one attached hydrogen (secondary N) is 1. The molecule has 168 valence electrons. The van der Waals surface area contributed by atoms with Crippen LogP contribution in [0.4, 0.5) is 11.4 Å². The molecule has 0 spiro atoms. The number of para-hydroxylation sites is 1. The normalized spacial score (nSPS) is 13.1. The molecule has 0 fully saturated rings. The lowest BCUT2D eigenvalue weighted by atomic mass is 9.98. The van der Waals surface area contributed by atoms with Crippen molar-refractivity contribution in [2.45, 2.75) is 52.5 Å². The molecule has 0 aliphatic carbocycles. The number of nitrogens with zero attached hydrogens (tertiary/aromatic N) is 2. The van der Waals surface area contributed by atoms with Crippen LogP contribution >= 0.6 is 12.2 Å². The van der Waals surface area contributed by atoms with Gasteiger partial charge in [0.1, 0.15) is 0 Å². The fourth-order valence-electron chi connectivity index (χ4n) is 4.19. The Bertz CT molecular complexity index is 854. The van der Waals surface area contributed by atoms with Crippen LogP contribution in [0.15, 0.2) is 42.5 Å². The third-order valence-corrected chi connectivity index (χ3v) is 6.32. The number of hydrogen-bond acceptors (Lipinski definition) is 3. The number of benzene rings is 2. The Morgan fingerprint density at radius 2 is 2.03 bits per heavy atom. The summed E-state index contributed by atoms with van der Waals surface area (Å²) in [6, 6.07) is 15.3. The van der Waals surface area contributed by atoms with Gasteiger partial charge in [0.2, 0.25) is 0 Å². The molecule has 2 aromatic rings. The van der Waals surface area contributed by atoms with Crippen LogP contribution in [0.5, 0.6) is 0 Å². The molecule has 0 atom stereocenters. The van der Waals surface area contributed by atoms with E-state index in [0.717, 1.165) is 43.5 Å². The minimum absolute atomic E-state index is 0.736. The van der Waals surface area contributed by atoms with E-state index in [9.17, 15) is 0 Å². The largest absolute Gasteiger partial charge is 0.385 e. The second-order valence-corrected chi connectivity index (χ2v) is 8.81. The van der Waals surface area contributed by atoms with E-state index >= 15 is 0 Å². The smallest absolute Gasteiger partial charge is 0.173 e. The molecule has 0 amide bonds. The topological polar surface area (TPSA) is 27.7 Å². The van der Waals surface area contributed by atoms with Crippen LogP contribution in [0.25, 0.3) is 0 Å². The summed E-state index contributed by atoms with van der Waals surface area (Å²) in [6.07, 6.45) is 5.85. The fraction of sp³-hybridized carbons (Fsp3) is 0.500. The van der Waals surface area contributed by atoms with Gasteiger partial charge in [0.25, 0.3) is 0 Å². The molecule has 3 rings (SSSR count). The maximum absolute atomic E-state index is 5.82. The average molecular weight is 440 g/mol. The zero-order valence-electron chi connectivity index (χ0n) is 19.3. The Hall–Kier alpha value is -2.11. The quantitative estimate of drug-likeness (QED) is 0.374. The number of ether oxygens (including phenoxy) is 1. The van der Waals surface area contributed by atoms with Gasteiger partial charge in [0, 0.05) is 51.3 Å². The Balaban J connectivity index is 1.73. The van der Waals surface area contributed by atoms with Crippen LogP contribution in [0.1, 0.15) is 49.3 Å². The predicted octanol–water partition coefficient (Wildman–Crippen LogP) is 5.78. The number of anilines is 2. The van der Waals surface area contributed by atoms with E-state index in [1.54, 1.807) is 7.11 Å². The fourth-order valence-corrected chi connectivity index (χ4v) is 4.45. The van der Waals surface area contributed by atoms with Gasteiger partial charge in [-0.25, -0.2) is 0 Å². The monoisotopic (exact) mass is 439 g/mol. The number of unbranched alkanes of at least 4 members (excludes halogenated alkanes) is 1. The van der Waals surface area contributed by atoms with Gasteiger partial charge >= 0.3 is 0 Å². The standard InChI is InChI=1S/C26H37N3OS/c1-4-5-15-28-16-8-11-23-19-22(13-14-25(23)28)20-29(17-9-18-30-3)26(31)27-24-12-7-6-10-21(24)2/h6-7,10,12-14,19H,4-5,8-9,11,15-18,20H2,1-3H3,(H,27,31). The van der Waals surface area contributed by atoms with Gasteiger partial charge in [0.05, 0.1) is 0 Å². The van der Waals surface area contributed by atoms with Gasteiger partial charge in [-0.1, -0.05) is 43.7 Å². The Morgan fingerprint density at radius 3 is 2.81 bits per heavy atom. The van der Waals surface area contributed by atoms with Crippen molar-refractivity contribution in [3.63, 3.8) is 0 Å². The van der Waals surface area contributed by atoms with E-state index in [2.05, 4.69) is 65.4 Å². The Kier molecular flexibility index (Phi) is 9.16. The maximum atomic E-state index is 5.82. The van der Waals surface area contributed by atoms with E-state index in [0.29, 0.717) is 0 Å². The SMILES string of the molecule is CCCCN1CCCc2cc(CN(CCCOC)C(=S)Nc3ccccc3C)ccc21. The first-order valence-corrected chi connectivity index (χ1v) is 12.0. The summed E-state index contributed by atoms with van der Waals surface area (Å²) in [5, 5.41) is 4.23. The van der Waals surface area contributed by atoms with Crippen LogP contribution in [0.3, 0.4) is 0 Å². The third-order valence-electron chi connectivity index (χ3n) is 5.96. The second-order valence-electron chi connectivity index (χ2n) is 8.42. The Labute approximate surface area is 193 Å². The summed E-state index contributed by atoms with van der Waals surface area (Å²) < 4.78 is 5.28. The molecule has 1 aliphatic rings. The average Bonchev–Trinajstić information content (AvgIpc) is 2.78. The van der Waals surface area contributed by atoms with Crippen molar-refractivity contribution in [3.05, 3.63) is 59.2 Å². The molecule has 1 N–H and O–H groups in total. The van der Waals surface area contributed by atoms with Crippen molar-refractivity contribution in [1.82, 2.24) is 4.90 Å². The van der Waals surface area contributed by atoms with Crippen molar-refractivity contribution in [1.29, 1.82) is 0 Å². The first kappa shape index (κ1) is 23.6. The van der Waals surface area contributed by atoms with Crippen LogP contribution in [0.2, 0.25) is 0 Å². The Morgan fingerprint density at radius 1 is 1.19 bits per heavy atom. The van der Waals surface area contributed by atoms with E-state index in [4.69, 9.17) is 17.0 Å². The number of fused-ring (bicyclic) bond motifs is 1. The first-order chi connectivity index (χ1) is 15.1. The highest BCUT2D eigenvalue weighted by molar-refractivity contribution is 7.80. The summed E-state index contributed by atoms with van der Waals surface area (Å²) in [5.41, 5.74) is 6.50. The highest BCUT2D eigenvalue weighted by Crippen LogP contribution is 2.29. The van der Waals surface area contributed by atoms with E-state index in [-0.39, 0.29) is 0 Å². The number of methoxy groups -OCH3 is 1. The zero-order chi connectivity index (χ0) is 22.1. The van der Waals surface area contributed by atoms with Gasteiger partial charge in [-0.05, 0) is 73.6 Å². The molecule has 0 unspecified atom stereocenters. The molecule has 1 aliphatic heterocycles. The maximum Gasteiger partial charge on any atom is 0.173 e. The summed E-state index contributed by atoms with van der Waals surface area (Å²) in [7, 11) is 1.75. The van der Waals surface area contributed by atoms with Crippen molar-refractivity contribution in [2.24, 2.45) is 0 Å². The second kappa shape index (κ2) is 12.1. The summed E-state index contributed by atoms with van der Waals surface area (Å²) in [5.74, 6) is 0. The van der Waals surface area contributed by atoms with Crippen LogP contribution in [0, 0.1) is 6.92 Å². The van der Waals surface area contributed by atoms with Gasteiger partial charge in [-0.2, -0.15) is 0 Å². The lowest BCUT2D eigenvalue weighted by molar-refractivity contribution is 0.185. The molecular formula is C26H37N3OS. The minimum Gasteiger partial charge on any atom is -0.385 e. The molecule has 5 heteroatoms. The lowest BCUT2D eigenvalue weighted by Crippen LogP contribution is -2.36. The molecule has 0 bridgehead atoms. The molecule has 0 radical (unpaired) electrons. The minimum atomic E-state index is 0.736. The molecule has 0 saturated heterocycles. The van der Waals surface area contributed by atoms with Gasteiger partial charge < -0.3 is 19.9 Å².